The average Bonchev–Trinajstić information content (AvgIpc) is 2.89. The lowest BCUT2D eigenvalue weighted by molar-refractivity contribution is 0.322. The summed E-state index contributed by atoms with van der Waals surface area (Å²) in [6, 6.07) is 5.61. The van der Waals surface area contributed by atoms with Gasteiger partial charge in [0.2, 0.25) is 0 Å². The fourth-order valence-corrected chi connectivity index (χ4v) is 2.40. The maximum absolute atomic E-state index is 6.15. The van der Waals surface area contributed by atoms with Gasteiger partial charge in [0.15, 0.2) is 0 Å². The van der Waals surface area contributed by atoms with Crippen molar-refractivity contribution >= 4 is 23.2 Å². The summed E-state index contributed by atoms with van der Waals surface area (Å²) >= 11 is 12.3. The fourth-order valence-electron chi connectivity index (χ4n) is 1.81. The van der Waals surface area contributed by atoms with Crippen molar-refractivity contribution in [3.8, 4) is 0 Å². The highest BCUT2D eigenvalue weighted by molar-refractivity contribution is 6.35. The molecule has 0 amide bonds. The maximum atomic E-state index is 6.15. The third-order valence-corrected chi connectivity index (χ3v) is 3.72. The van der Waals surface area contributed by atoms with Crippen LogP contribution in [0, 0.1) is 0 Å². The van der Waals surface area contributed by atoms with E-state index in [1.165, 1.54) is 0 Å². The molecule has 0 radical (unpaired) electrons. The van der Waals surface area contributed by atoms with E-state index in [-0.39, 0.29) is 0 Å². The molecule has 0 bridgehead atoms. The van der Waals surface area contributed by atoms with E-state index in [4.69, 9.17) is 23.2 Å². The normalized spacial score (nSPS) is 11.2. The second-order valence-corrected chi connectivity index (χ2v) is 5.27. The summed E-state index contributed by atoms with van der Waals surface area (Å²) in [5.74, 6) is 0. The summed E-state index contributed by atoms with van der Waals surface area (Å²) in [7, 11) is 2.08. The Morgan fingerprint density at radius 1 is 1.11 bits per heavy atom. The third-order valence-electron chi connectivity index (χ3n) is 3.01. The Labute approximate surface area is 123 Å². The first kappa shape index (κ1) is 14.3. The van der Waals surface area contributed by atoms with Gasteiger partial charge in [0.05, 0.1) is 0 Å². The van der Waals surface area contributed by atoms with Gasteiger partial charge in [-0.05, 0) is 31.2 Å². The molecule has 0 aliphatic carbocycles. The molecule has 0 fully saturated rings. The van der Waals surface area contributed by atoms with Crippen molar-refractivity contribution in [1.29, 1.82) is 0 Å². The van der Waals surface area contributed by atoms with E-state index < -0.39 is 0 Å². The van der Waals surface area contributed by atoms with Crippen molar-refractivity contribution in [1.82, 2.24) is 19.7 Å². The first-order valence-electron chi connectivity index (χ1n) is 6.10. The number of hydrogen-bond acceptors (Lipinski definition) is 3. The molecule has 0 atom stereocenters. The van der Waals surface area contributed by atoms with Gasteiger partial charge >= 0.3 is 0 Å². The molecule has 0 aliphatic rings. The van der Waals surface area contributed by atoms with Crippen LogP contribution < -0.4 is 0 Å². The number of likely N-dealkylation sites (N-methyl/N-ethyl adjacent to an activating group) is 1. The lowest BCUT2D eigenvalue weighted by atomic mass is 10.1. The molecule has 0 unspecified atom stereocenters. The van der Waals surface area contributed by atoms with Gasteiger partial charge < -0.3 is 9.47 Å². The topological polar surface area (TPSA) is 34.0 Å². The summed E-state index contributed by atoms with van der Waals surface area (Å²) in [6.45, 7) is 2.71. The monoisotopic (exact) mass is 298 g/mol. The predicted octanol–water partition coefficient (Wildman–Crippen LogP) is 2.76. The Bertz CT molecular complexity index is 493. The number of halogens is 2. The van der Waals surface area contributed by atoms with E-state index in [1.54, 1.807) is 12.7 Å². The molecule has 2 aromatic rings. The van der Waals surface area contributed by atoms with Gasteiger partial charge in [0, 0.05) is 29.7 Å². The Balaban J connectivity index is 1.81. The van der Waals surface area contributed by atoms with E-state index in [9.17, 15) is 0 Å². The molecule has 1 aromatic carbocycles. The minimum atomic E-state index is 0.736. The second-order valence-electron chi connectivity index (χ2n) is 4.45. The molecule has 1 aromatic heterocycles. The zero-order valence-corrected chi connectivity index (χ0v) is 12.3. The Kier molecular flexibility index (Phi) is 5.19. The highest BCUT2D eigenvalue weighted by atomic mass is 35.5. The average molecular weight is 299 g/mol. The van der Waals surface area contributed by atoms with Gasteiger partial charge in [0.25, 0.3) is 0 Å². The first-order chi connectivity index (χ1) is 9.16. The highest BCUT2D eigenvalue weighted by Crippen LogP contribution is 2.24. The standard InChI is InChI=1S/C13H16Cl2N4/c1-18(7-8-19-9-16-17-10-19)6-5-11-12(14)3-2-4-13(11)15/h2-4,9-10H,5-8H2,1H3. The second kappa shape index (κ2) is 6.89. The predicted molar refractivity (Wildman–Crippen MR) is 77.7 cm³/mol. The first-order valence-corrected chi connectivity index (χ1v) is 6.86. The largest absolute Gasteiger partial charge is 0.319 e. The number of benzene rings is 1. The highest BCUT2D eigenvalue weighted by Gasteiger charge is 2.07. The zero-order valence-electron chi connectivity index (χ0n) is 10.8. The molecular formula is C13H16Cl2N4. The van der Waals surface area contributed by atoms with Gasteiger partial charge in [-0.25, -0.2) is 0 Å². The van der Waals surface area contributed by atoms with Crippen molar-refractivity contribution < 1.29 is 0 Å². The van der Waals surface area contributed by atoms with Crippen molar-refractivity contribution in [3.63, 3.8) is 0 Å². The number of hydrogen-bond donors (Lipinski definition) is 0. The molecule has 19 heavy (non-hydrogen) atoms. The lowest BCUT2D eigenvalue weighted by Gasteiger charge is -2.17. The van der Waals surface area contributed by atoms with Crippen molar-refractivity contribution in [2.75, 3.05) is 20.1 Å². The number of nitrogens with zero attached hydrogens (tertiary/aromatic N) is 4. The molecule has 0 aliphatic heterocycles. The van der Waals surface area contributed by atoms with Crippen molar-refractivity contribution in [2.45, 2.75) is 13.0 Å². The van der Waals surface area contributed by atoms with Gasteiger partial charge in [-0.3, -0.25) is 0 Å². The fraction of sp³-hybridized carbons (Fsp3) is 0.385. The molecule has 0 saturated heterocycles. The van der Waals surface area contributed by atoms with E-state index in [2.05, 4.69) is 22.1 Å². The Morgan fingerprint density at radius 2 is 1.74 bits per heavy atom. The van der Waals surface area contributed by atoms with Crippen LogP contribution in [0.25, 0.3) is 0 Å². The summed E-state index contributed by atoms with van der Waals surface area (Å²) in [5, 5.41) is 9.02. The molecule has 4 nitrogen and oxygen atoms in total. The number of rotatable bonds is 6. The SMILES string of the molecule is CN(CCc1c(Cl)cccc1Cl)CCn1cnnc1. The maximum Gasteiger partial charge on any atom is 0.119 e. The van der Waals surface area contributed by atoms with Crippen LogP contribution in [0.3, 0.4) is 0 Å². The summed E-state index contributed by atoms with van der Waals surface area (Å²) in [5.41, 5.74) is 1.02. The lowest BCUT2D eigenvalue weighted by Crippen LogP contribution is -2.25. The molecule has 6 heteroatoms. The van der Waals surface area contributed by atoms with Gasteiger partial charge in [0.1, 0.15) is 12.7 Å². The third kappa shape index (κ3) is 4.20. The van der Waals surface area contributed by atoms with Crippen LogP contribution in [0.1, 0.15) is 5.56 Å². The summed E-state index contributed by atoms with van der Waals surface area (Å²) < 4.78 is 1.96. The van der Waals surface area contributed by atoms with Crippen LogP contribution in [-0.2, 0) is 13.0 Å². The molecule has 0 N–H and O–H groups in total. The van der Waals surface area contributed by atoms with Crippen LogP contribution in [-0.4, -0.2) is 39.8 Å². The Morgan fingerprint density at radius 3 is 2.37 bits per heavy atom. The molecule has 0 saturated carbocycles. The van der Waals surface area contributed by atoms with Crippen LogP contribution in [0.2, 0.25) is 10.0 Å². The van der Waals surface area contributed by atoms with Crippen molar-refractivity contribution in [2.24, 2.45) is 0 Å². The molecule has 102 valence electrons. The molecule has 2 rings (SSSR count). The van der Waals surface area contributed by atoms with Crippen LogP contribution in [0.15, 0.2) is 30.9 Å². The zero-order chi connectivity index (χ0) is 13.7. The summed E-state index contributed by atoms with van der Waals surface area (Å²) in [6.07, 6.45) is 4.29. The van der Waals surface area contributed by atoms with Gasteiger partial charge in [-0.1, -0.05) is 29.3 Å². The van der Waals surface area contributed by atoms with Gasteiger partial charge in [-0.2, -0.15) is 0 Å². The quantitative estimate of drug-likeness (QED) is 0.822. The Hall–Kier alpha value is -1.10. The van der Waals surface area contributed by atoms with E-state index in [0.717, 1.165) is 41.7 Å². The van der Waals surface area contributed by atoms with Crippen molar-refractivity contribution in [3.05, 3.63) is 46.5 Å². The number of aromatic nitrogens is 3. The van der Waals surface area contributed by atoms with Crippen LogP contribution in [0.4, 0.5) is 0 Å². The van der Waals surface area contributed by atoms with E-state index in [0.29, 0.717) is 0 Å². The van der Waals surface area contributed by atoms with Gasteiger partial charge in [-0.15, -0.1) is 10.2 Å². The molecule has 0 spiro atoms. The van der Waals surface area contributed by atoms with Crippen LogP contribution in [0.5, 0.6) is 0 Å². The van der Waals surface area contributed by atoms with E-state index >= 15 is 0 Å². The molecule has 1 heterocycles. The molecular weight excluding hydrogens is 283 g/mol. The van der Waals surface area contributed by atoms with E-state index in [1.807, 2.05) is 22.8 Å². The van der Waals surface area contributed by atoms with Crippen LogP contribution >= 0.6 is 23.2 Å². The summed E-state index contributed by atoms with van der Waals surface area (Å²) in [4.78, 5) is 2.24. The smallest absolute Gasteiger partial charge is 0.119 e. The minimum Gasteiger partial charge on any atom is -0.319 e. The minimum absolute atomic E-state index is 0.736.